The van der Waals surface area contributed by atoms with Gasteiger partial charge in [0.1, 0.15) is 6.61 Å². The predicted octanol–water partition coefficient (Wildman–Crippen LogP) is 3.54. The Balaban J connectivity index is 2.33. The van der Waals surface area contributed by atoms with Crippen molar-refractivity contribution in [3.63, 3.8) is 0 Å². The highest BCUT2D eigenvalue weighted by Crippen LogP contribution is 2.21. The third kappa shape index (κ3) is 7.19. The van der Waals surface area contributed by atoms with Crippen molar-refractivity contribution in [2.75, 3.05) is 0 Å². The molecule has 0 aromatic heterocycles. The summed E-state index contributed by atoms with van der Waals surface area (Å²) in [5.41, 5.74) is 6.97. The van der Waals surface area contributed by atoms with Gasteiger partial charge in [0.2, 0.25) is 0 Å². The summed E-state index contributed by atoms with van der Waals surface area (Å²) in [7, 11) is 0. The second-order valence-corrected chi connectivity index (χ2v) is 6.45. The van der Waals surface area contributed by atoms with E-state index in [-0.39, 0.29) is 30.5 Å². The van der Waals surface area contributed by atoms with Crippen molar-refractivity contribution >= 4 is 17.6 Å². The maximum absolute atomic E-state index is 11.7. The lowest BCUT2D eigenvalue weighted by atomic mass is 9.87. The molecule has 3 nitrogen and oxygen atoms in total. The molecule has 0 heterocycles. The molecule has 0 aliphatic heterocycles. The quantitative estimate of drug-likeness (QED) is 0.841. The number of nitrogens with two attached hydrogens (primary N) is 1. The minimum Gasteiger partial charge on any atom is -0.461 e. The van der Waals surface area contributed by atoms with Gasteiger partial charge in [-0.2, -0.15) is 0 Å². The summed E-state index contributed by atoms with van der Waals surface area (Å²) in [4.78, 5) is 11.7. The zero-order valence-corrected chi connectivity index (χ0v) is 12.5. The topological polar surface area (TPSA) is 52.3 Å². The van der Waals surface area contributed by atoms with Crippen LogP contribution in [0, 0.1) is 5.41 Å². The molecule has 0 spiro atoms. The van der Waals surface area contributed by atoms with Crippen LogP contribution in [-0.2, 0) is 16.1 Å². The van der Waals surface area contributed by atoms with Crippen molar-refractivity contribution in [2.45, 2.75) is 46.3 Å². The minimum atomic E-state index is -0.258. The largest absolute Gasteiger partial charge is 0.461 e. The zero-order chi connectivity index (χ0) is 14.5. The molecule has 0 bridgehead atoms. The molecule has 0 aliphatic carbocycles. The van der Waals surface area contributed by atoms with E-state index in [1.807, 2.05) is 12.1 Å². The Morgan fingerprint density at radius 1 is 1.32 bits per heavy atom. The third-order valence-corrected chi connectivity index (χ3v) is 2.87. The van der Waals surface area contributed by atoms with E-state index in [1.54, 1.807) is 12.1 Å². The Labute approximate surface area is 120 Å². The number of ether oxygens (including phenoxy) is 1. The molecule has 0 radical (unpaired) electrons. The van der Waals surface area contributed by atoms with Gasteiger partial charge >= 0.3 is 5.97 Å². The molecule has 106 valence electrons. The van der Waals surface area contributed by atoms with Crippen molar-refractivity contribution in [3.05, 3.63) is 34.9 Å². The van der Waals surface area contributed by atoms with Crippen LogP contribution < -0.4 is 5.73 Å². The molecule has 1 aromatic carbocycles. The Kier molecular flexibility index (Phi) is 5.83. The number of rotatable bonds is 5. The second kappa shape index (κ2) is 6.92. The lowest BCUT2D eigenvalue weighted by Gasteiger charge is -2.22. The van der Waals surface area contributed by atoms with Crippen LogP contribution >= 0.6 is 11.6 Å². The number of carbonyl (C=O) groups excluding carboxylic acids is 1. The molecule has 4 heteroatoms. The number of carbonyl (C=O) groups is 1. The molecular formula is C15H22ClNO2. The number of hydrogen-bond acceptors (Lipinski definition) is 3. The van der Waals surface area contributed by atoms with Crippen LogP contribution in [0.4, 0.5) is 0 Å². The first kappa shape index (κ1) is 16.0. The first-order valence-corrected chi connectivity index (χ1v) is 6.80. The number of hydrogen-bond donors (Lipinski definition) is 1. The van der Waals surface area contributed by atoms with Crippen LogP contribution in [0.15, 0.2) is 24.3 Å². The van der Waals surface area contributed by atoms with Crippen molar-refractivity contribution < 1.29 is 9.53 Å². The van der Waals surface area contributed by atoms with Crippen LogP contribution in [0.5, 0.6) is 0 Å². The molecular weight excluding hydrogens is 262 g/mol. The lowest BCUT2D eigenvalue weighted by molar-refractivity contribution is -0.145. The van der Waals surface area contributed by atoms with Gasteiger partial charge in [-0.3, -0.25) is 4.79 Å². The van der Waals surface area contributed by atoms with E-state index in [9.17, 15) is 4.79 Å². The van der Waals surface area contributed by atoms with E-state index in [1.165, 1.54) is 0 Å². The molecule has 1 rings (SSSR count). The Hall–Kier alpha value is -1.06. The van der Waals surface area contributed by atoms with Gasteiger partial charge in [0, 0.05) is 11.1 Å². The monoisotopic (exact) mass is 283 g/mol. The average molecular weight is 284 g/mol. The van der Waals surface area contributed by atoms with E-state index < -0.39 is 0 Å². The zero-order valence-electron chi connectivity index (χ0n) is 11.8. The first-order valence-electron chi connectivity index (χ1n) is 6.42. The molecule has 0 saturated heterocycles. The van der Waals surface area contributed by atoms with Crippen LogP contribution in [-0.4, -0.2) is 12.0 Å². The van der Waals surface area contributed by atoms with Gasteiger partial charge in [0.15, 0.2) is 0 Å². The molecule has 0 amide bonds. The van der Waals surface area contributed by atoms with E-state index in [2.05, 4.69) is 20.8 Å². The number of esters is 1. The minimum absolute atomic E-state index is 0.121. The van der Waals surface area contributed by atoms with Gasteiger partial charge in [0.05, 0.1) is 6.42 Å². The average Bonchev–Trinajstić information content (AvgIpc) is 2.25. The molecule has 2 N–H and O–H groups in total. The van der Waals surface area contributed by atoms with Crippen molar-refractivity contribution in [1.29, 1.82) is 0 Å². The highest BCUT2D eigenvalue weighted by atomic mass is 35.5. The molecule has 19 heavy (non-hydrogen) atoms. The van der Waals surface area contributed by atoms with Crippen molar-refractivity contribution in [2.24, 2.45) is 11.1 Å². The van der Waals surface area contributed by atoms with Crippen LogP contribution in [0.1, 0.15) is 39.2 Å². The van der Waals surface area contributed by atoms with Crippen molar-refractivity contribution in [3.8, 4) is 0 Å². The Morgan fingerprint density at radius 2 is 1.89 bits per heavy atom. The van der Waals surface area contributed by atoms with E-state index in [0.717, 1.165) is 12.0 Å². The molecule has 0 saturated carbocycles. The molecule has 1 unspecified atom stereocenters. The highest BCUT2D eigenvalue weighted by molar-refractivity contribution is 6.30. The SMILES string of the molecule is CC(C)(C)CC(N)CC(=O)OCc1ccc(Cl)cc1. The van der Waals surface area contributed by atoms with Gasteiger partial charge in [-0.15, -0.1) is 0 Å². The van der Waals surface area contributed by atoms with Gasteiger partial charge in [-0.05, 0) is 29.5 Å². The van der Waals surface area contributed by atoms with Crippen LogP contribution in [0.2, 0.25) is 5.02 Å². The predicted molar refractivity (Wildman–Crippen MR) is 77.9 cm³/mol. The molecule has 0 fully saturated rings. The van der Waals surface area contributed by atoms with Gasteiger partial charge in [-0.1, -0.05) is 44.5 Å². The lowest BCUT2D eigenvalue weighted by Crippen LogP contribution is -2.29. The Morgan fingerprint density at radius 3 is 2.42 bits per heavy atom. The summed E-state index contributed by atoms with van der Waals surface area (Å²) in [6.07, 6.45) is 1.05. The molecule has 1 atom stereocenters. The van der Waals surface area contributed by atoms with Crippen molar-refractivity contribution in [1.82, 2.24) is 0 Å². The summed E-state index contributed by atoms with van der Waals surface area (Å²) in [6.45, 7) is 6.57. The number of benzene rings is 1. The molecule has 1 aromatic rings. The summed E-state index contributed by atoms with van der Waals surface area (Å²) in [6, 6.07) is 7.07. The fourth-order valence-corrected chi connectivity index (χ4v) is 2.00. The maximum Gasteiger partial charge on any atom is 0.307 e. The summed E-state index contributed by atoms with van der Waals surface area (Å²) >= 11 is 5.78. The van der Waals surface area contributed by atoms with E-state index >= 15 is 0 Å². The fraction of sp³-hybridized carbons (Fsp3) is 0.533. The van der Waals surface area contributed by atoms with E-state index in [0.29, 0.717) is 5.02 Å². The summed E-state index contributed by atoms with van der Waals surface area (Å²) in [5.74, 6) is -0.258. The molecule has 0 aliphatic rings. The normalized spacial score (nSPS) is 13.1. The van der Waals surface area contributed by atoms with E-state index in [4.69, 9.17) is 22.1 Å². The Bertz CT molecular complexity index is 409. The summed E-state index contributed by atoms with van der Waals surface area (Å²) < 4.78 is 5.19. The van der Waals surface area contributed by atoms with Gasteiger partial charge in [0.25, 0.3) is 0 Å². The third-order valence-electron chi connectivity index (χ3n) is 2.62. The van der Waals surface area contributed by atoms with Crippen LogP contribution in [0.25, 0.3) is 0 Å². The highest BCUT2D eigenvalue weighted by Gasteiger charge is 2.18. The summed E-state index contributed by atoms with van der Waals surface area (Å²) in [5, 5.41) is 0.669. The van der Waals surface area contributed by atoms with Gasteiger partial charge in [-0.25, -0.2) is 0 Å². The maximum atomic E-state index is 11.7. The fourth-order valence-electron chi connectivity index (χ4n) is 1.88. The number of halogens is 1. The first-order chi connectivity index (χ1) is 8.76. The van der Waals surface area contributed by atoms with Gasteiger partial charge < -0.3 is 10.5 Å². The smallest absolute Gasteiger partial charge is 0.307 e. The van der Waals surface area contributed by atoms with Crippen LogP contribution in [0.3, 0.4) is 0 Å². The standard InChI is InChI=1S/C15H22ClNO2/c1-15(2,3)9-13(17)8-14(18)19-10-11-4-6-12(16)7-5-11/h4-7,13H,8-10,17H2,1-3H3. The second-order valence-electron chi connectivity index (χ2n) is 6.02.